The number of hydrogen-bond donors (Lipinski definition) is 0. The number of carbonyl (C=O) groups excluding carboxylic acids is 1. The van der Waals surface area contributed by atoms with Gasteiger partial charge in [-0.2, -0.15) is 0 Å². The minimum atomic E-state index is -0.615. The van der Waals surface area contributed by atoms with Gasteiger partial charge in [0.2, 0.25) is 0 Å². The monoisotopic (exact) mass is 256 g/mol. The predicted molar refractivity (Wildman–Crippen MR) is 74.0 cm³/mol. The maximum Gasteiger partial charge on any atom is 0.346 e. The second-order valence-corrected chi connectivity index (χ2v) is 4.18. The lowest BCUT2D eigenvalue weighted by atomic mass is 10.1. The van der Waals surface area contributed by atoms with E-state index in [1.165, 1.54) is 7.11 Å². The zero-order valence-corrected chi connectivity index (χ0v) is 11.0. The quantitative estimate of drug-likeness (QED) is 0.787. The van der Waals surface area contributed by atoms with Crippen molar-refractivity contribution in [2.75, 3.05) is 7.11 Å². The van der Waals surface area contributed by atoms with Gasteiger partial charge in [-0.05, 0) is 30.2 Å². The third-order valence-electron chi connectivity index (χ3n) is 2.79. The summed E-state index contributed by atoms with van der Waals surface area (Å²) < 4.78 is 10.2. The van der Waals surface area contributed by atoms with Crippen molar-refractivity contribution in [3.63, 3.8) is 0 Å². The standard InChI is InChI=1S/C16H16O3/c1-12(16(17)18-2)19-15-10-6-9-14(11-15)13-7-4-3-5-8-13/h3-12H,1-2H3/t12-/m1/s1. The van der Waals surface area contributed by atoms with E-state index in [1.54, 1.807) is 6.92 Å². The van der Waals surface area contributed by atoms with Gasteiger partial charge in [-0.3, -0.25) is 0 Å². The molecule has 0 aliphatic rings. The minimum Gasteiger partial charge on any atom is -0.479 e. The summed E-state index contributed by atoms with van der Waals surface area (Å²) in [4.78, 5) is 11.3. The van der Waals surface area contributed by atoms with Crippen LogP contribution in [0.1, 0.15) is 6.92 Å². The Hall–Kier alpha value is -2.29. The van der Waals surface area contributed by atoms with Crippen molar-refractivity contribution in [3.05, 3.63) is 54.6 Å². The Bertz CT molecular complexity index is 549. The molecule has 0 aliphatic carbocycles. The molecule has 0 fully saturated rings. The third kappa shape index (κ3) is 3.35. The zero-order valence-electron chi connectivity index (χ0n) is 11.0. The first-order chi connectivity index (χ1) is 9.20. The molecule has 0 N–H and O–H groups in total. The van der Waals surface area contributed by atoms with Gasteiger partial charge in [-0.25, -0.2) is 4.79 Å². The molecule has 98 valence electrons. The third-order valence-corrected chi connectivity index (χ3v) is 2.79. The van der Waals surface area contributed by atoms with E-state index in [1.807, 2.05) is 54.6 Å². The summed E-state index contributed by atoms with van der Waals surface area (Å²) in [6.45, 7) is 1.67. The van der Waals surface area contributed by atoms with Crippen LogP contribution in [-0.2, 0) is 9.53 Å². The molecule has 0 aliphatic heterocycles. The zero-order chi connectivity index (χ0) is 13.7. The Morgan fingerprint density at radius 1 is 1.00 bits per heavy atom. The molecule has 0 spiro atoms. The number of esters is 1. The Balaban J connectivity index is 2.18. The van der Waals surface area contributed by atoms with Crippen molar-refractivity contribution < 1.29 is 14.3 Å². The lowest BCUT2D eigenvalue weighted by molar-refractivity contribution is -0.147. The molecule has 0 heterocycles. The Kier molecular flexibility index (Phi) is 4.18. The van der Waals surface area contributed by atoms with E-state index in [2.05, 4.69) is 4.74 Å². The van der Waals surface area contributed by atoms with E-state index in [4.69, 9.17) is 4.74 Å². The summed E-state index contributed by atoms with van der Waals surface area (Å²) in [5.41, 5.74) is 2.16. The van der Waals surface area contributed by atoms with Crippen molar-refractivity contribution in [3.8, 4) is 16.9 Å². The van der Waals surface area contributed by atoms with E-state index in [-0.39, 0.29) is 5.97 Å². The first kappa shape index (κ1) is 13.1. The molecule has 1 atom stereocenters. The maximum atomic E-state index is 11.3. The molecular formula is C16H16O3. The fourth-order valence-electron chi connectivity index (χ4n) is 1.80. The van der Waals surface area contributed by atoms with E-state index < -0.39 is 6.10 Å². The lowest BCUT2D eigenvalue weighted by Crippen LogP contribution is -2.24. The number of carbonyl (C=O) groups is 1. The first-order valence-electron chi connectivity index (χ1n) is 6.10. The highest BCUT2D eigenvalue weighted by molar-refractivity contribution is 5.74. The van der Waals surface area contributed by atoms with Crippen LogP contribution < -0.4 is 4.74 Å². The van der Waals surface area contributed by atoms with Crippen LogP contribution in [-0.4, -0.2) is 19.2 Å². The molecule has 0 saturated carbocycles. The van der Waals surface area contributed by atoms with Gasteiger partial charge in [0.05, 0.1) is 7.11 Å². The molecule has 3 heteroatoms. The number of hydrogen-bond acceptors (Lipinski definition) is 3. The molecular weight excluding hydrogens is 240 g/mol. The fourth-order valence-corrected chi connectivity index (χ4v) is 1.80. The van der Waals surface area contributed by atoms with Crippen LogP contribution in [0.2, 0.25) is 0 Å². The number of rotatable bonds is 4. The molecule has 0 saturated heterocycles. The highest BCUT2D eigenvalue weighted by Gasteiger charge is 2.14. The SMILES string of the molecule is COC(=O)[C@@H](C)Oc1cccc(-c2ccccc2)c1. The smallest absolute Gasteiger partial charge is 0.346 e. The van der Waals surface area contributed by atoms with Gasteiger partial charge in [0, 0.05) is 0 Å². The Labute approximate surface area is 112 Å². The van der Waals surface area contributed by atoms with Gasteiger partial charge in [0.25, 0.3) is 0 Å². The van der Waals surface area contributed by atoms with Gasteiger partial charge in [-0.1, -0.05) is 42.5 Å². The molecule has 0 amide bonds. The van der Waals surface area contributed by atoms with Gasteiger partial charge >= 0.3 is 5.97 Å². The number of ether oxygens (including phenoxy) is 2. The fraction of sp³-hybridized carbons (Fsp3) is 0.188. The van der Waals surface area contributed by atoms with Crippen LogP contribution in [0.3, 0.4) is 0 Å². The normalized spacial score (nSPS) is 11.7. The molecule has 2 rings (SSSR count). The van der Waals surface area contributed by atoms with E-state index in [0.29, 0.717) is 5.75 Å². The summed E-state index contributed by atoms with van der Waals surface area (Å²) >= 11 is 0. The average Bonchev–Trinajstić information content (AvgIpc) is 2.47. The molecule has 0 bridgehead atoms. The first-order valence-corrected chi connectivity index (χ1v) is 6.10. The second-order valence-electron chi connectivity index (χ2n) is 4.18. The minimum absolute atomic E-state index is 0.384. The summed E-state index contributed by atoms with van der Waals surface area (Å²) in [6, 6.07) is 17.7. The lowest BCUT2D eigenvalue weighted by Gasteiger charge is -2.13. The molecule has 2 aromatic carbocycles. The topological polar surface area (TPSA) is 35.5 Å². The van der Waals surface area contributed by atoms with Crippen LogP contribution in [0, 0.1) is 0 Å². The van der Waals surface area contributed by atoms with E-state index >= 15 is 0 Å². The second kappa shape index (κ2) is 6.05. The van der Waals surface area contributed by atoms with Gasteiger partial charge in [0.1, 0.15) is 5.75 Å². The summed E-state index contributed by atoms with van der Waals surface area (Å²) in [7, 11) is 1.35. The van der Waals surface area contributed by atoms with Crippen molar-refractivity contribution in [1.29, 1.82) is 0 Å². The molecule has 19 heavy (non-hydrogen) atoms. The maximum absolute atomic E-state index is 11.3. The van der Waals surface area contributed by atoms with Crippen LogP contribution in [0.5, 0.6) is 5.75 Å². The Morgan fingerprint density at radius 3 is 2.37 bits per heavy atom. The van der Waals surface area contributed by atoms with Gasteiger partial charge in [0.15, 0.2) is 6.10 Å². The van der Waals surface area contributed by atoms with Crippen LogP contribution in [0.4, 0.5) is 0 Å². The predicted octanol–water partition coefficient (Wildman–Crippen LogP) is 3.29. The van der Waals surface area contributed by atoms with Crippen LogP contribution in [0.25, 0.3) is 11.1 Å². The van der Waals surface area contributed by atoms with Crippen LogP contribution >= 0.6 is 0 Å². The highest BCUT2D eigenvalue weighted by atomic mass is 16.6. The van der Waals surface area contributed by atoms with Crippen molar-refractivity contribution in [1.82, 2.24) is 0 Å². The number of benzene rings is 2. The number of methoxy groups -OCH3 is 1. The largest absolute Gasteiger partial charge is 0.479 e. The average molecular weight is 256 g/mol. The Morgan fingerprint density at radius 2 is 1.68 bits per heavy atom. The van der Waals surface area contributed by atoms with Crippen LogP contribution in [0.15, 0.2) is 54.6 Å². The molecule has 2 aromatic rings. The van der Waals surface area contributed by atoms with E-state index in [0.717, 1.165) is 11.1 Å². The van der Waals surface area contributed by atoms with Gasteiger partial charge < -0.3 is 9.47 Å². The van der Waals surface area contributed by atoms with E-state index in [9.17, 15) is 4.79 Å². The summed E-state index contributed by atoms with van der Waals surface area (Å²) in [5.74, 6) is 0.268. The molecule has 0 radical (unpaired) electrons. The highest BCUT2D eigenvalue weighted by Crippen LogP contribution is 2.24. The summed E-state index contributed by atoms with van der Waals surface area (Å²) in [6.07, 6.45) is -0.615. The molecule has 3 nitrogen and oxygen atoms in total. The molecule has 0 unspecified atom stereocenters. The summed E-state index contributed by atoms with van der Waals surface area (Å²) in [5, 5.41) is 0. The van der Waals surface area contributed by atoms with Gasteiger partial charge in [-0.15, -0.1) is 0 Å². The molecule has 0 aromatic heterocycles. The van der Waals surface area contributed by atoms with Crippen molar-refractivity contribution in [2.24, 2.45) is 0 Å². The van der Waals surface area contributed by atoms with Crippen molar-refractivity contribution >= 4 is 5.97 Å². The van der Waals surface area contributed by atoms with Crippen molar-refractivity contribution in [2.45, 2.75) is 13.0 Å².